The van der Waals surface area contributed by atoms with Gasteiger partial charge >= 0.3 is 5.97 Å². The van der Waals surface area contributed by atoms with Gasteiger partial charge in [-0.2, -0.15) is 8.78 Å². The number of halogens is 5. The minimum Gasteiger partial charge on any atom is -0.416 e. The van der Waals surface area contributed by atoms with Crippen molar-refractivity contribution >= 4 is 28.1 Å². The van der Waals surface area contributed by atoms with Crippen LogP contribution in [0.5, 0.6) is 5.75 Å². The summed E-state index contributed by atoms with van der Waals surface area (Å²) >= 11 is 0. The molecule has 0 atom stereocenters. The highest BCUT2D eigenvalue weighted by molar-refractivity contribution is 5.98. The van der Waals surface area contributed by atoms with Crippen LogP contribution in [-0.4, -0.2) is 10.5 Å². The molecule has 0 aliphatic rings. The zero-order valence-corrected chi connectivity index (χ0v) is 16.8. The predicted molar refractivity (Wildman–Crippen MR) is 110 cm³/mol. The molecule has 0 saturated carbocycles. The van der Waals surface area contributed by atoms with E-state index in [4.69, 9.17) is 0 Å². The lowest BCUT2D eigenvalue weighted by atomic mass is 10.1. The molecule has 33 heavy (non-hydrogen) atoms. The predicted octanol–water partition coefficient (Wildman–Crippen LogP) is 5.20. The van der Waals surface area contributed by atoms with Crippen LogP contribution in [0.15, 0.2) is 59.5 Å². The first-order valence-corrected chi connectivity index (χ1v) is 9.37. The number of anilines is 2. The fraction of sp³-hybridized carbons (Fsp3) is 0.0435. The highest BCUT2D eigenvalue weighted by Crippen LogP contribution is 2.31. The van der Waals surface area contributed by atoms with Gasteiger partial charge in [0.05, 0.1) is 5.69 Å². The number of aromatic nitrogens is 1. The second kappa shape index (κ2) is 8.38. The van der Waals surface area contributed by atoms with Crippen molar-refractivity contribution in [1.29, 1.82) is 0 Å². The molecule has 0 spiro atoms. The van der Waals surface area contributed by atoms with Crippen LogP contribution in [0.3, 0.4) is 0 Å². The van der Waals surface area contributed by atoms with E-state index >= 15 is 0 Å². The van der Waals surface area contributed by atoms with Crippen molar-refractivity contribution in [2.24, 2.45) is 7.05 Å². The third kappa shape index (κ3) is 4.02. The van der Waals surface area contributed by atoms with E-state index in [9.17, 15) is 31.5 Å². The Kier molecular flexibility index (Phi) is 5.59. The number of fused-ring (bicyclic) bond motifs is 1. The Hall–Kier alpha value is -4.21. The standard InChI is InChI=1S/C23H13F5N2O3/c1-30-10-14(23(32)33-22-20(27)18(25)17(24)19(26)21(22)28)15(9-16(30)31)29-13-7-6-11-4-2-3-5-12(11)8-13/h2-10,29H,1H3. The number of aryl methyl sites for hydroxylation is 1. The lowest BCUT2D eigenvalue weighted by Gasteiger charge is -2.14. The van der Waals surface area contributed by atoms with Gasteiger partial charge in [0.1, 0.15) is 5.56 Å². The summed E-state index contributed by atoms with van der Waals surface area (Å²) in [4.78, 5) is 24.8. The van der Waals surface area contributed by atoms with Crippen molar-refractivity contribution in [3.05, 3.63) is 99.7 Å². The monoisotopic (exact) mass is 460 g/mol. The Morgan fingerprint density at radius 2 is 1.45 bits per heavy atom. The van der Waals surface area contributed by atoms with E-state index in [2.05, 4.69) is 10.1 Å². The summed E-state index contributed by atoms with van der Waals surface area (Å²) in [6.45, 7) is 0. The van der Waals surface area contributed by atoms with E-state index in [1.165, 1.54) is 7.05 Å². The van der Waals surface area contributed by atoms with Gasteiger partial charge in [0.15, 0.2) is 0 Å². The molecule has 1 heterocycles. The topological polar surface area (TPSA) is 60.3 Å². The largest absolute Gasteiger partial charge is 0.416 e. The summed E-state index contributed by atoms with van der Waals surface area (Å²) < 4.78 is 73.6. The fourth-order valence-corrected chi connectivity index (χ4v) is 3.14. The quantitative estimate of drug-likeness (QED) is 0.150. The molecule has 10 heteroatoms. The Labute approximate surface area is 182 Å². The number of pyridine rings is 1. The molecule has 3 aromatic carbocycles. The Balaban J connectivity index is 1.74. The van der Waals surface area contributed by atoms with Gasteiger partial charge in [0, 0.05) is 25.0 Å². The third-order valence-corrected chi connectivity index (χ3v) is 4.84. The smallest absolute Gasteiger partial charge is 0.347 e. The minimum absolute atomic E-state index is 0.0951. The summed E-state index contributed by atoms with van der Waals surface area (Å²) in [5.74, 6) is -14.7. The number of hydrogen-bond donors (Lipinski definition) is 1. The molecule has 4 rings (SSSR count). The van der Waals surface area contributed by atoms with Crippen molar-refractivity contribution in [3.63, 3.8) is 0 Å². The fourth-order valence-electron chi connectivity index (χ4n) is 3.14. The van der Waals surface area contributed by atoms with E-state index in [0.717, 1.165) is 27.6 Å². The molecule has 0 bridgehead atoms. The maximum absolute atomic E-state index is 13.9. The molecule has 0 aliphatic carbocycles. The van der Waals surface area contributed by atoms with Crippen LogP contribution < -0.4 is 15.6 Å². The van der Waals surface area contributed by atoms with Gasteiger partial charge < -0.3 is 14.6 Å². The molecule has 0 saturated heterocycles. The molecule has 0 unspecified atom stereocenters. The number of carbonyl (C=O) groups is 1. The first-order valence-electron chi connectivity index (χ1n) is 9.37. The summed E-state index contributed by atoms with van der Waals surface area (Å²) in [7, 11) is 1.30. The molecule has 0 aliphatic heterocycles. The molecular weight excluding hydrogens is 447 g/mol. The van der Waals surface area contributed by atoms with Crippen molar-refractivity contribution in [2.75, 3.05) is 5.32 Å². The van der Waals surface area contributed by atoms with Gasteiger partial charge in [0.25, 0.3) is 5.56 Å². The Morgan fingerprint density at radius 3 is 2.12 bits per heavy atom. The highest BCUT2D eigenvalue weighted by Gasteiger charge is 2.29. The van der Waals surface area contributed by atoms with Crippen LogP contribution in [0.4, 0.5) is 33.3 Å². The maximum atomic E-state index is 13.9. The van der Waals surface area contributed by atoms with Crippen LogP contribution in [-0.2, 0) is 7.05 Å². The zero-order chi connectivity index (χ0) is 23.9. The number of hydrogen-bond acceptors (Lipinski definition) is 4. The first-order chi connectivity index (χ1) is 15.7. The number of benzene rings is 3. The van der Waals surface area contributed by atoms with E-state index in [-0.39, 0.29) is 11.3 Å². The molecule has 5 nitrogen and oxygen atoms in total. The zero-order valence-electron chi connectivity index (χ0n) is 16.8. The molecule has 0 radical (unpaired) electrons. The second-order valence-electron chi connectivity index (χ2n) is 7.03. The summed E-state index contributed by atoms with van der Waals surface area (Å²) in [6, 6.07) is 13.6. The number of nitrogens with one attached hydrogen (secondary N) is 1. The van der Waals surface area contributed by atoms with Gasteiger partial charge in [0.2, 0.25) is 34.8 Å². The van der Waals surface area contributed by atoms with E-state index < -0.39 is 46.4 Å². The van der Waals surface area contributed by atoms with Crippen molar-refractivity contribution in [1.82, 2.24) is 4.57 Å². The number of esters is 1. The van der Waals surface area contributed by atoms with Crippen molar-refractivity contribution in [3.8, 4) is 5.75 Å². The Morgan fingerprint density at radius 1 is 0.848 bits per heavy atom. The lowest BCUT2D eigenvalue weighted by molar-refractivity contribution is 0.0716. The molecule has 1 aromatic heterocycles. The van der Waals surface area contributed by atoms with E-state index in [1.807, 2.05) is 24.3 Å². The van der Waals surface area contributed by atoms with Gasteiger partial charge in [-0.15, -0.1) is 0 Å². The van der Waals surface area contributed by atoms with Crippen molar-refractivity contribution < 1.29 is 31.5 Å². The van der Waals surface area contributed by atoms with Gasteiger partial charge in [-0.3, -0.25) is 4.79 Å². The van der Waals surface area contributed by atoms with Crippen LogP contribution in [0, 0.1) is 29.1 Å². The number of nitrogens with zero attached hydrogens (tertiary/aromatic N) is 1. The van der Waals surface area contributed by atoms with Crippen LogP contribution >= 0.6 is 0 Å². The van der Waals surface area contributed by atoms with Gasteiger partial charge in [-0.05, 0) is 22.9 Å². The molecule has 1 N–H and O–H groups in total. The van der Waals surface area contributed by atoms with E-state index in [0.29, 0.717) is 5.69 Å². The normalized spacial score (nSPS) is 11.0. The summed E-state index contributed by atoms with van der Waals surface area (Å²) in [5, 5.41) is 4.62. The number of rotatable bonds is 4. The molecular formula is C23H13F5N2O3. The van der Waals surface area contributed by atoms with Crippen LogP contribution in [0.1, 0.15) is 10.4 Å². The summed E-state index contributed by atoms with van der Waals surface area (Å²) in [6.07, 6.45) is 1.01. The molecule has 4 aromatic rings. The maximum Gasteiger partial charge on any atom is 0.347 e. The lowest BCUT2D eigenvalue weighted by Crippen LogP contribution is -2.22. The average molecular weight is 460 g/mol. The SMILES string of the molecule is Cn1cc(C(=O)Oc2c(F)c(F)c(F)c(F)c2F)c(Nc2ccc3ccccc3c2)cc1=O. The molecule has 0 fully saturated rings. The number of carbonyl (C=O) groups excluding carboxylic acids is 1. The average Bonchev–Trinajstić information content (AvgIpc) is 2.81. The Bertz CT molecular complexity index is 1450. The molecule has 168 valence electrons. The summed E-state index contributed by atoms with van der Waals surface area (Å²) in [5.41, 5.74) is -0.547. The number of ether oxygens (including phenoxy) is 1. The van der Waals surface area contributed by atoms with E-state index in [1.54, 1.807) is 18.2 Å². The van der Waals surface area contributed by atoms with Crippen molar-refractivity contribution in [2.45, 2.75) is 0 Å². The van der Waals surface area contributed by atoms with Gasteiger partial charge in [-0.1, -0.05) is 30.3 Å². The highest BCUT2D eigenvalue weighted by atomic mass is 19.2. The first kappa shape index (κ1) is 22.0. The van der Waals surface area contributed by atoms with Crippen LogP contribution in [0.25, 0.3) is 10.8 Å². The van der Waals surface area contributed by atoms with Gasteiger partial charge in [-0.25, -0.2) is 18.0 Å². The second-order valence-corrected chi connectivity index (χ2v) is 7.03. The van der Waals surface area contributed by atoms with Crippen LogP contribution in [0.2, 0.25) is 0 Å². The molecule has 0 amide bonds. The third-order valence-electron chi connectivity index (χ3n) is 4.84. The minimum atomic E-state index is -2.38.